The lowest BCUT2D eigenvalue weighted by Crippen LogP contribution is -2.29. The van der Waals surface area contributed by atoms with Crippen LogP contribution in [0.5, 0.6) is 0 Å². The number of aryl methyl sites for hydroxylation is 1. The topological polar surface area (TPSA) is 93.6 Å². The van der Waals surface area contributed by atoms with Crippen LogP contribution >= 0.6 is 0 Å². The molecule has 0 bridgehead atoms. The Morgan fingerprint density at radius 3 is 2.43 bits per heavy atom. The molecule has 0 spiro atoms. The Labute approximate surface area is 135 Å². The SMILES string of the molecule is C[C@@H](c1ccc(S(N)(=O)=O)cc1)N(C)C(=O)CCc1ccco1. The van der Waals surface area contributed by atoms with Crippen LogP contribution in [0.25, 0.3) is 0 Å². The van der Waals surface area contributed by atoms with Gasteiger partial charge in [0.1, 0.15) is 5.76 Å². The average molecular weight is 336 g/mol. The molecule has 124 valence electrons. The summed E-state index contributed by atoms with van der Waals surface area (Å²) in [7, 11) is -1.98. The van der Waals surface area contributed by atoms with E-state index in [1.54, 1.807) is 36.4 Å². The van der Waals surface area contributed by atoms with Crippen molar-refractivity contribution in [2.45, 2.75) is 30.7 Å². The molecule has 7 heteroatoms. The lowest BCUT2D eigenvalue weighted by Gasteiger charge is -2.25. The van der Waals surface area contributed by atoms with Crippen molar-refractivity contribution < 1.29 is 17.6 Å². The first-order valence-electron chi connectivity index (χ1n) is 7.20. The summed E-state index contributed by atoms with van der Waals surface area (Å²) < 4.78 is 27.7. The van der Waals surface area contributed by atoms with Crippen LogP contribution in [-0.4, -0.2) is 26.3 Å². The van der Waals surface area contributed by atoms with Crippen LogP contribution in [0.2, 0.25) is 0 Å². The summed E-state index contributed by atoms with van der Waals surface area (Å²) in [5.41, 5.74) is 0.839. The molecule has 2 aromatic rings. The van der Waals surface area contributed by atoms with Gasteiger partial charge in [0.25, 0.3) is 0 Å². The van der Waals surface area contributed by atoms with Crippen molar-refractivity contribution in [2.24, 2.45) is 5.14 Å². The standard InChI is InChI=1S/C16H20N2O4S/c1-12(13-5-8-15(9-6-13)23(17,20)21)18(2)16(19)10-7-14-4-3-11-22-14/h3-6,8-9,11-12H,7,10H2,1-2H3,(H2,17,20,21)/t12-/m0/s1. The first-order chi connectivity index (χ1) is 10.8. The summed E-state index contributed by atoms with van der Waals surface area (Å²) >= 11 is 0. The predicted molar refractivity (Wildman–Crippen MR) is 86.0 cm³/mol. The van der Waals surface area contributed by atoms with Gasteiger partial charge >= 0.3 is 0 Å². The Kier molecular flexibility index (Phi) is 5.23. The van der Waals surface area contributed by atoms with E-state index in [1.807, 2.05) is 13.0 Å². The summed E-state index contributed by atoms with van der Waals surface area (Å²) in [4.78, 5) is 13.9. The highest BCUT2D eigenvalue weighted by Crippen LogP contribution is 2.21. The minimum Gasteiger partial charge on any atom is -0.469 e. The molecule has 2 N–H and O–H groups in total. The number of furan rings is 1. The highest BCUT2D eigenvalue weighted by Gasteiger charge is 2.18. The van der Waals surface area contributed by atoms with E-state index in [9.17, 15) is 13.2 Å². The molecule has 0 radical (unpaired) electrons. The van der Waals surface area contributed by atoms with E-state index in [2.05, 4.69) is 0 Å². The van der Waals surface area contributed by atoms with Crippen LogP contribution in [0.1, 0.15) is 30.7 Å². The zero-order valence-electron chi connectivity index (χ0n) is 13.1. The molecule has 1 atom stereocenters. The van der Waals surface area contributed by atoms with Crippen LogP contribution in [0.15, 0.2) is 52.0 Å². The van der Waals surface area contributed by atoms with Crippen LogP contribution < -0.4 is 5.14 Å². The molecule has 6 nitrogen and oxygen atoms in total. The quantitative estimate of drug-likeness (QED) is 0.874. The van der Waals surface area contributed by atoms with Gasteiger partial charge in [0.2, 0.25) is 15.9 Å². The van der Waals surface area contributed by atoms with Crippen molar-refractivity contribution in [3.63, 3.8) is 0 Å². The summed E-state index contributed by atoms with van der Waals surface area (Å²) in [6.07, 6.45) is 2.48. The maximum absolute atomic E-state index is 12.2. The molecule has 0 aliphatic carbocycles. The lowest BCUT2D eigenvalue weighted by molar-refractivity contribution is -0.131. The summed E-state index contributed by atoms with van der Waals surface area (Å²) in [5.74, 6) is 0.765. The van der Waals surface area contributed by atoms with Gasteiger partial charge in [-0.15, -0.1) is 0 Å². The summed E-state index contributed by atoms with van der Waals surface area (Å²) in [6, 6.07) is 9.68. The number of primary sulfonamides is 1. The molecule has 1 aromatic carbocycles. The fourth-order valence-corrected chi connectivity index (χ4v) is 2.75. The molecule has 0 aliphatic heterocycles. The number of carbonyl (C=O) groups is 1. The van der Waals surface area contributed by atoms with Gasteiger partial charge in [-0.3, -0.25) is 4.79 Å². The van der Waals surface area contributed by atoms with Crippen LogP contribution in [0.3, 0.4) is 0 Å². The van der Waals surface area contributed by atoms with Gasteiger partial charge in [-0.05, 0) is 36.8 Å². The Balaban J connectivity index is 2.00. The third-order valence-electron chi connectivity index (χ3n) is 3.83. The molecule has 0 unspecified atom stereocenters. The third-order valence-corrected chi connectivity index (χ3v) is 4.76. The van der Waals surface area contributed by atoms with Gasteiger partial charge in [-0.2, -0.15) is 0 Å². The molecular formula is C16H20N2O4S. The number of nitrogens with zero attached hydrogens (tertiary/aromatic N) is 1. The van der Waals surface area contributed by atoms with Gasteiger partial charge in [0, 0.05) is 19.9 Å². The highest BCUT2D eigenvalue weighted by molar-refractivity contribution is 7.89. The first-order valence-corrected chi connectivity index (χ1v) is 8.74. The predicted octanol–water partition coefficient (Wildman–Crippen LogP) is 2.08. The molecule has 1 amide bonds. The number of benzene rings is 1. The number of hydrogen-bond acceptors (Lipinski definition) is 4. The zero-order chi connectivity index (χ0) is 17.0. The summed E-state index contributed by atoms with van der Waals surface area (Å²) in [6.45, 7) is 1.89. The number of amides is 1. The zero-order valence-corrected chi connectivity index (χ0v) is 13.9. The van der Waals surface area contributed by atoms with E-state index < -0.39 is 10.0 Å². The van der Waals surface area contributed by atoms with E-state index in [4.69, 9.17) is 9.56 Å². The number of carbonyl (C=O) groups excluding carboxylic acids is 1. The average Bonchev–Trinajstić information content (AvgIpc) is 3.04. The fourth-order valence-electron chi connectivity index (χ4n) is 2.24. The number of hydrogen-bond donors (Lipinski definition) is 1. The largest absolute Gasteiger partial charge is 0.469 e. The maximum atomic E-state index is 12.2. The van der Waals surface area contributed by atoms with Crippen molar-refractivity contribution in [1.82, 2.24) is 4.90 Å². The number of sulfonamides is 1. The Morgan fingerprint density at radius 1 is 1.26 bits per heavy atom. The van der Waals surface area contributed by atoms with Gasteiger partial charge in [0.05, 0.1) is 17.2 Å². The molecule has 0 saturated heterocycles. The molecular weight excluding hydrogens is 316 g/mol. The van der Waals surface area contributed by atoms with E-state index >= 15 is 0 Å². The first kappa shape index (κ1) is 17.2. The second-order valence-electron chi connectivity index (χ2n) is 5.37. The Bertz CT molecular complexity index is 752. The van der Waals surface area contributed by atoms with Gasteiger partial charge < -0.3 is 9.32 Å². The van der Waals surface area contributed by atoms with E-state index in [0.29, 0.717) is 12.8 Å². The lowest BCUT2D eigenvalue weighted by atomic mass is 10.1. The molecule has 0 aliphatic rings. The van der Waals surface area contributed by atoms with Crippen molar-refractivity contribution in [1.29, 1.82) is 0 Å². The Morgan fingerprint density at radius 2 is 1.91 bits per heavy atom. The minimum atomic E-state index is -3.71. The van der Waals surface area contributed by atoms with Crippen LogP contribution in [-0.2, 0) is 21.2 Å². The van der Waals surface area contributed by atoms with Crippen molar-refractivity contribution >= 4 is 15.9 Å². The summed E-state index contributed by atoms with van der Waals surface area (Å²) in [5, 5.41) is 5.08. The molecule has 1 aromatic heterocycles. The molecule has 1 heterocycles. The van der Waals surface area contributed by atoms with Crippen molar-refractivity contribution in [3.05, 3.63) is 54.0 Å². The number of rotatable bonds is 6. The van der Waals surface area contributed by atoms with Crippen molar-refractivity contribution in [3.8, 4) is 0 Å². The number of nitrogens with two attached hydrogens (primary N) is 1. The maximum Gasteiger partial charge on any atom is 0.238 e. The minimum absolute atomic E-state index is 0.00979. The van der Waals surface area contributed by atoms with Crippen molar-refractivity contribution in [2.75, 3.05) is 7.05 Å². The van der Waals surface area contributed by atoms with Crippen LogP contribution in [0, 0.1) is 0 Å². The highest BCUT2D eigenvalue weighted by atomic mass is 32.2. The fraction of sp³-hybridized carbons (Fsp3) is 0.312. The third kappa shape index (κ3) is 4.43. The molecule has 23 heavy (non-hydrogen) atoms. The van der Waals surface area contributed by atoms with Gasteiger partial charge in [-0.25, -0.2) is 13.6 Å². The van der Waals surface area contributed by atoms with Gasteiger partial charge in [-0.1, -0.05) is 12.1 Å². The van der Waals surface area contributed by atoms with E-state index in [0.717, 1.165) is 11.3 Å². The van der Waals surface area contributed by atoms with E-state index in [1.165, 1.54) is 12.1 Å². The monoisotopic (exact) mass is 336 g/mol. The van der Waals surface area contributed by atoms with Crippen LogP contribution in [0.4, 0.5) is 0 Å². The molecule has 2 rings (SSSR count). The molecule has 0 fully saturated rings. The molecule has 0 saturated carbocycles. The smallest absolute Gasteiger partial charge is 0.238 e. The second kappa shape index (κ2) is 6.97. The van der Waals surface area contributed by atoms with Gasteiger partial charge in [0.15, 0.2) is 0 Å². The Hall–Kier alpha value is -2.12. The van der Waals surface area contributed by atoms with E-state index in [-0.39, 0.29) is 16.8 Å². The second-order valence-corrected chi connectivity index (χ2v) is 6.94. The normalized spacial score (nSPS) is 12.8.